The van der Waals surface area contributed by atoms with Crippen LogP contribution < -0.4 is 5.32 Å². The standard InChI is InChI=1S/C18H22ClN5O3S/c1-6-15-17(22-12(4)19)24(11(2)3)18(25)16(23-15)21-9-13-7-8-14(10-20-13)28(5,26)27/h6-8,10-11H,4,9H2,1-3,5H3,(H,21,23)/b15-6+,22-17?. The van der Waals surface area contributed by atoms with Gasteiger partial charge in [-0.2, -0.15) is 0 Å². The first-order valence-electron chi connectivity index (χ1n) is 8.44. The number of nitrogens with zero attached hydrogens (tertiary/aromatic N) is 4. The van der Waals surface area contributed by atoms with E-state index < -0.39 is 9.84 Å². The van der Waals surface area contributed by atoms with Crippen molar-refractivity contribution in [2.24, 2.45) is 9.98 Å². The van der Waals surface area contributed by atoms with Gasteiger partial charge in [-0.25, -0.2) is 13.4 Å². The van der Waals surface area contributed by atoms with Crippen LogP contribution in [0.2, 0.25) is 0 Å². The minimum absolute atomic E-state index is 0.0603. The molecule has 1 aliphatic heterocycles. The maximum Gasteiger partial charge on any atom is 0.295 e. The van der Waals surface area contributed by atoms with Crippen LogP contribution in [-0.4, -0.2) is 48.2 Å². The Kier molecular flexibility index (Phi) is 6.73. The molecule has 2 rings (SSSR count). The van der Waals surface area contributed by atoms with Crippen molar-refractivity contribution >= 4 is 39.0 Å². The fourth-order valence-electron chi connectivity index (χ4n) is 2.48. The van der Waals surface area contributed by atoms with Gasteiger partial charge in [0, 0.05) is 18.5 Å². The molecule has 0 bridgehead atoms. The molecule has 1 aromatic rings. The molecule has 1 N–H and O–H groups in total. The van der Waals surface area contributed by atoms with Crippen LogP contribution in [0.3, 0.4) is 0 Å². The average Bonchev–Trinajstić information content (AvgIpc) is 2.60. The second-order valence-corrected chi connectivity index (χ2v) is 8.78. The zero-order chi connectivity index (χ0) is 21.1. The van der Waals surface area contributed by atoms with Crippen molar-refractivity contribution in [1.82, 2.24) is 15.2 Å². The van der Waals surface area contributed by atoms with Crippen LogP contribution in [0.15, 0.2) is 56.7 Å². The number of rotatable bonds is 5. The summed E-state index contributed by atoms with van der Waals surface area (Å²) < 4.78 is 23.0. The molecule has 0 saturated carbocycles. The Labute approximate surface area is 169 Å². The molecular weight excluding hydrogens is 402 g/mol. The van der Waals surface area contributed by atoms with Crippen molar-refractivity contribution in [2.75, 3.05) is 6.26 Å². The van der Waals surface area contributed by atoms with Crippen molar-refractivity contribution in [3.05, 3.63) is 47.5 Å². The van der Waals surface area contributed by atoms with Gasteiger partial charge < -0.3 is 5.32 Å². The van der Waals surface area contributed by atoms with Gasteiger partial charge in [-0.3, -0.25) is 19.7 Å². The minimum atomic E-state index is -3.32. The molecule has 0 aromatic carbocycles. The number of halogens is 1. The van der Waals surface area contributed by atoms with Crippen LogP contribution in [0.5, 0.6) is 0 Å². The molecule has 28 heavy (non-hydrogen) atoms. The first-order valence-corrected chi connectivity index (χ1v) is 10.7. The van der Waals surface area contributed by atoms with E-state index in [9.17, 15) is 13.2 Å². The van der Waals surface area contributed by atoms with Gasteiger partial charge in [-0.15, -0.1) is 0 Å². The van der Waals surface area contributed by atoms with Crippen molar-refractivity contribution in [3.63, 3.8) is 0 Å². The lowest BCUT2D eigenvalue weighted by molar-refractivity contribution is -0.122. The van der Waals surface area contributed by atoms with E-state index in [0.29, 0.717) is 17.2 Å². The number of carbonyl (C=O) groups is 1. The van der Waals surface area contributed by atoms with E-state index in [1.807, 2.05) is 13.8 Å². The van der Waals surface area contributed by atoms with Crippen LogP contribution in [-0.2, 0) is 21.2 Å². The number of carbonyl (C=O) groups excluding carboxylic acids is 1. The third kappa shape index (κ3) is 5.05. The number of amidine groups is 2. The second-order valence-electron chi connectivity index (χ2n) is 6.33. The number of sulfone groups is 1. The zero-order valence-electron chi connectivity index (χ0n) is 16.1. The van der Waals surface area contributed by atoms with Crippen LogP contribution in [0.1, 0.15) is 26.5 Å². The van der Waals surface area contributed by atoms with Gasteiger partial charge in [0.15, 0.2) is 21.5 Å². The van der Waals surface area contributed by atoms with Gasteiger partial charge in [0.05, 0.1) is 22.8 Å². The summed E-state index contributed by atoms with van der Waals surface area (Å²) >= 11 is 5.82. The third-order valence-corrected chi connectivity index (χ3v) is 4.98. The molecule has 1 saturated heterocycles. The van der Waals surface area contributed by atoms with Crippen LogP contribution in [0, 0.1) is 0 Å². The molecule has 1 aliphatic rings. The molecular formula is C18H22ClN5O3S. The molecule has 0 aliphatic carbocycles. The minimum Gasteiger partial charge on any atom is -0.333 e. The molecule has 2 heterocycles. The molecule has 0 radical (unpaired) electrons. The highest BCUT2D eigenvalue weighted by molar-refractivity contribution is 7.90. The van der Waals surface area contributed by atoms with Gasteiger partial charge >= 0.3 is 0 Å². The van der Waals surface area contributed by atoms with Gasteiger partial charge in [-0.1, -0.05) is 24.3 Å². The van der Waals surface area contributed by atoms with E-state index in [1.165, 1.54) is 17.2 Å². The Hall–Kier alpha value is -2.52. The lowest BCUT2D eigenvalue weighted by Crippen LogP contribution is -2.56. The summed E-state index contributed by atoms with van der Waals surface area (Å²) in [5.74, 6) is 0.150. The van der Waals surface area contributed by atoms with Gasteiger partial charge in [0.2, 0.25) is 0 Å². The Balaban J connectivity index is 2.33. The molecule has 1 fully saturated rings. The Morgan fingerprint density at radius 3 is 2.57 bits per heavy atom. The lowest BCUT2D eigenvalue weighted by Gasteiger charge is -2.34. The topological polar surface area (TPSA) is 104 Å². The van der Waals surface area contributed by atoms with Gasteiger partial charge in [-0.05, 0) is 32.9 Å². The molecule has 1 amide bonds. The normalized spacial score (nSPS) is 19.6. The molecule has 0 spiro atoms. The number of nitrogens with one attached hydrogen (secondary N) is 1. The first kappa shape index (κ1) is 21.8. The third-order valence-electron chi connectivity index (χ3n) is 3.80. The van der Waals surface area contributed by atoms with E-state index in [1.54, 1.807) is 19.1 Å². The zero-order valence-corrected chi connectivity index (χ0v) is 17.7. The van der Waals surface area contributed by atoms with Crippen LogP contribution >= 0.6 is 11.6 Å². The van der Waals surface area contributed by atoms with Gasteiger partial charge in [0.1, 0.15) is 5.16 Å². The molecule has 8 nitrogen and oxygen atoms in total. The number of hydrogen-bond acceptors (Lipinski definition) is 6. The quantitative estimate of drug-likeness (QED) is 0.731. The summed E-state index contributed by atoms with van der Waals surface area (Å²) in [6, 6.07) is 2.84. The fourth-order valence-corrected chi connectivity index (χ4v) is 3.12. The second kappa shape index (κ2) is 8.66. The summed E-state index contributed by atoms with van der Waals surface area (Å²) in [6.45, 7) is 9.17. The molecule has 0 atom stereocenters. The SMILES string of the molecule is C=C(Cl)N=C1/C(=C\C)NC(=NCc2ccc(S(C)(=O)=O)cn2)C(=O)N1C(C)C. The average molecular weight is 424 g/mol. The largest absolute Gasteiger partial charge is 0.333 e. The van der Waals surface area contributed by atoms with Crippen molar-refractivity contribution < 1.29 is 13.2 Å². The summed E-state index contributed by atoms with van der Waals surface area (Å²) in [4.78, 5) is 27.1. The van der Waals surface area contributed by atoms with E-state index in [4.69, 9.17) is 11.6 Å². The summed E-state index contributed by atoms with van der Waals surface area (Å²) in [5.41, 5.74) is 1.11. The van der Waals surface area contributed by atoms with E-state index >= 15 is 0 Å². The number of amides is 1. The number of aliphatic imine (C=N–C) groups is 2. The van der Waals surface area contributed by atoms with E-state index in [0.717, 1.165) is 6.26 Å². The Morgan fingerprint density at radius 2 is 2.11 bits per heavy atom. The van der Waals surface area contributed by atoms with E-state index in [2.05, 4.69) is 26.9 Å². The predicted molar refractivity (Wildman–Crippen MR) is 110 cm³/mol. The molecule has 0 unspecified atom stereocenters. The highest BCUT2D eigenvalue weighted by Crippen LogP contribution is 2.17. The number of allylic oxidation sites excluding steroid dienone is 1. The fraction of sp³-hybridized carbons (Fsp3) is 0.333. The monoisotopic (exact) mass is 423 g/mol. The smallest absolute Gasteiger partial charge is 0.295 e. The maximum absolute atomic E-state index is 12.9. The lowest BCUT2D eigenvalue weighted by atomic mass is 10.2. The number of piperazine rings is 1. The Bertz CT molecular complexity index is 979. The Morgan fingerprint density at radius 1 is 1.43 bits per heavy atom. The van der Waals surface area contributed by atoms with Crippen LogP contribution in [0.25, 0.3) is 0 Å². The number of hydrogen-bond donors (Lipinski definition) is 1. The number of aromatic nitrogens is 1. The van der Waals surface area contributed by atoms with Crippen LogP contribution in [0.4, 0.5) is 0 Å². The molecule has 10 heteroatoms. The van der Waals surface area contributed by atoms with Crippen molar-refractivity contribution in [3.8, 4) is 0 Å². The number of pyridine rings is 1. The first-order chi connectivity index (χ1) is 13.0. The summed E-state index contributed by atoms with van der Waals surface area (Å²) in [7, 11) is -3.32. The van der Waals surface area contributed by atoms with Gasteiger partial charge in [0.25, 0.3) is 5.91 Å². The molecule has 1 aromatic heterocycles. The van der Waals surface area contributed by atoms with Crippen molar-refractivity contribution in [2.45, 2.75) is 38.3 Å². The summed E-state index contributed by atoms with van der Waals surface area (Å²) in [6.07, 6.45) is 4.15. The molecule has 150 valence electrons. The van der Waals surface area contributed by atoms with E-state index in [-0.39, 0.29) is 34.4 Å². The predicted octanol–water partition coefficient (Wildman–Crippen LogP) is 2.24. The highest BCUT2D eigenvalue weighted by Gasteiger charge is 2.34. The summed E-state index contributed by atoms with van der Waals surface area (Å²) in [5, 5.41) is 3.03. The maximum atomic E-state index is 12.9. The van der Waals surface area contributed by atoms with Crippen molar-refractivity contribution in [1.29, 1.82) is 0 Å². The highest BCUT2D eigenvalue weighted by atomic mass is 35.5.